The summed E-state index contributed by atoms with van der Waals surface area (Å²) in [7, 11) is 0. The molecular weight excluding hydrogens is 454 g/mol. The van der Waals surface area contributed by atoms with Crippen LogP contribution in [-0.4, -0.2) is 4.57 Å². The first-order valence-electron chi connectivity index (χ1n) is 12.7. The van der Waals surface area contributed by atoms with Gasteiger partial charge in [0.25, 0.3) is 0 Å². The smallest absolute Gasteiger partial charge is 0.173 e. The van der Waals surface area contributed by atoms with Gasteiger partial charge in [-0.3, -0.25) is 0 Å². The molecule has 0 unspecified atom stereocenters. The van der Waals surface area contributed by atoms with Crippen LogP contribution in [0.2, 0.25) is 0 Å². The second-order valence-electron chi connectivity index (χ2n) is 10.1. The zero-order valence-corrected chi connectivity index (χ0v) is 19.9. The van der Waals surface area contributed by atoms with E-state index >= 15 is 0 Å². The summed E-state index contributed by atoms with van der Waals surface area (Å²) in [6.45, 7) is 0. The van der Waals surface area contributed by atoms with Crippen LogP contribution in [0.1, 0.15) is 22.8 Å². The van der Waals surface area contributed by atoms with Gasteiger partial charge in [-0.05, 0) is 58.7 Å². The van der Waals surface area contributed by atoms with Crippen LogP contribution in [-0.2, 0) is 15.4 Å². The summed E-state index contributed by atoms with van der Waals surface area (Å²) in [6.07, 6.45) is 4.11. The molecular formula is C34H21NO2. The molecule has 2 aliphatic heterocycles. The molecule has 0 radical (unpaired) electrons. The standard InChI is InChI=1S/C34H21NO2/c1-4-10-28-24(7-1)27-18-17-23(32-31-19-20-34(28,33(27)32)37-36-31)21-13-15-22(16-14-21)35-29-11-5-2-8-25(29)26-9-3-6-12-30(26)35/h1-20,31H/t31-,34-/m1/s1. The Morgan fingerprint density at radius 1 is 0.622 bits per heavy atom. The van der Waals surface area contributed by atoms with Crippen LogP contribution in [0.15, 0.2) is 121 Å². The third-order valence-electron chi connectivity index (χ3n) is 8.32. The van der Waals surface area contributed by atoms with Crippen molar-refractivity contribution in [2.75, 3.05) is 0 Å². The van der Waals surface area contributed by atoms with Crippen LogP contribution in [0.5, 0.6) is 0 Å². The van der Waals surface area contributed by atoms with E-state index in [1.165, 1.54) is 55.2 Å². The lowest BCUT2D eigenvalue weighted by molar-refractivity contribution is -0.379. The highest BCUT2D eigenvalue weighted by atomic mass is 17.2. The number of benzene rings is 5. The van der Waals surface area contributed by atoms with Crippen molar-refractivity contribution in [1.29, 1.82) is 0 Å². The molecule has 2 atom stereocenters. The van der Waals surface area contributed by atoms with Crippen LogP contribution < -0.4 is 0 Å². The van der Waals surface area contributed by atoms with Gasteiger partial charge in [0.15, 0.2) is 5.60 Å². The van der Waals surface area contributed by atoms with Gasteiger partial charge in [0.1, 0.15) is 6.10 Å². The third kappa shape index (κ3) is 2.38. The maximum atomic E-state index is 6.07. The van der Waals surface area contributed by atoms with Gasteiger partial charge in [-0.2, -0.15) is 0 Å². The predicted octanol–water partition coefficient (Wildman–Crippen LogP) is 8.25. The Balaban J connectivity index is 1.23. The molecule has 0 saturated carbocycles. The molecule has 37 heavy (non-hydrogen) atoms. The van der Waals surface area contributed by atoms with E-state index < -0.39 is 5.60 Å². The minimum atomic E-state index is -0.658. The maximum Gasteiger partial charge on any atom is 0.173 e. The normalized spacial score (nSPS) is 20.5. The summed E-state index contributed by atoms with van der Waals surface area (Å²) in [5.41, 5.74) is 11.4. The quantitative estimate of drug-likeness (QED) is 0.186. The van der Waals surface area contributed by atoms with Gasteiger partial charge in [0, 0.05) is 33.2 Å². The average molecular weight is 476 g/mol. The molecule has 3 nitrogen and oxygen atoms in total. The van der Waals surface area contributed by atoms with Crippen LogP contribution in [0.25, 0.3) is 49.7 Å². The molecule has 3 heterocycles. The first kappa shape index (κ1) is 19.7. The first-order chi connectivity index (χ1) is 18.3. The second kappa shape index (κ2) is 6.86. The summed E-state index contributed by atoms with van der Waals surface area (Å²) in [4.78, 5) is 12.0. The number of hydrogen-bond acceptors (Lipinski definition) is 2. The number of aromatic nitrogens is 1. The minimum absolute atomic E-state index is 0.210. The topological polar surface area (TPSA) is 23.4 Å². The molecule has 174 valence electrons. The molecule has 0 N–H and O–H groups in total. The van der Waals surface area contributed by atoms with E-state index in [4.69, 9.17) is 9.78 Å². The highest BCUT2D eigenvalue weighted by molar-refractivity contribution is 6.09. The Bertz CT molecular complexity index is 1890. The van der Waals surface area contributed by atoms with E-state index in [1.54, 1.807) is 0 Å². The number of nitrogens with zero attached hydrogens (tertiary/aromatic N) is 1. The Morgan fingerprint density at radius 3 is 2.03 bits per heavy atom. The highest BCUT2D eigenvalue weighted by Gasteiger charge is 2.52. The third-order valence-corrected chi connectivity index (χ3v) is 8.32. The fourth-order valence-electron chi connectivity index (χ4n) is 6.77. The molecule has 0 saturated heterocycles. The lowest BCUT2D eigenvalue weighted by Crippen LogP contribution is -2.37. The Kier molecular flexibility index (Phi) is 3.65. The summed E-state index contributed by atoms with van der Waals surface area (Å²) >= 11 is 0. The minimum Gasteiger partial charge on any atom is -0.309 e. The summed E-state index contributed by atoms with van der Waals surface area (Å²) in [5, 5.41) is 2.55. The van der Waals surface area contributed by atoms with E-state index in [1.807, 2.05) is 0 Å². The van der Waals surface area contributed by atoms with Crippen molar-refractivity contribution < 1.29 is 9.78 Å². The van der Waals surface area contributed by atoms with E-state index in [2.05, 4.69) is 126 Å². The van der Waals surface area contributed by atoms with Gasteiger partial charge in [0.05, 0.1) is 11.0 Å². The highest BCUT2D eigenvalue weighted by Crippen LogP contribution is 2.60. The second-order valence-corrected chi connectivity index (χ2v) is 10.1. The molecule has 3 heteroatoms. The summed E-state index contributed by atoms with van der Waals surface area (Å²) in [6, 6.07) is 39.2. The van der Waals surface area contributed by atoms with Gasteiger partial charge in [-0.25, -0.2) is 9.78 Å². The van der Waals surface area contributed by atoms with Gasteiger partial charge >= 0.3 is 0 Å². The molecule has 4 aliphatic rings. The molecule has 1 aromatic heterocycles. The molecule has 2 bridgehead atoms. The van der Waals surface area contributed by atoms with Crippen LogP contribution in [0.4, 0.5) is 0 Å². The van der Waals surface area contributed by atoms with Gasteiger partial charge in [-0.15, -0.1) is 0 Å². The molecule has 10 rings (SSSR count). The molecule has 6 aromatic rings. The van der Waals surface area contributed by atoms with Crippen LogP contribution in [0.3, 0.4) is 0 Å². The largest absolute Gasteiger partial charge is 0.309 e. The predicted molar refractivity (Wildman–Crippen MR) is 146 cm³/mol. The Hall–Kier alpha value is -4.44. The van der Waals surface area contributed by atoms with E-state index in [0.717, 1.165) is 11.3 Å². The number of rotatable bonds is 2. The van der Waals surface area contributed by atoms with Crippen LogP contribution >= 0.6 is 0 Å². The summed E-state index contributed by atoms with van der Waals surface area (Å²) in [5.74, 6) is 0. The van der Waals surface area contributed by atoms with Crippen molar-refractivity contribution in [3.8, 4) is 27.9 Å². The van der Waals surface area contributed by atoms with Crippen molar-refractivity contribution in [1.82, 2.24) is 4.57 Å². The maximum absolute atomic E-state index is 6.07. The van der Waals surface area contributed by atoms with Crippen molar-refractivity contribution in [2.24, 2.45) is 0 Å². The number of para-hydroxylation sites is 2. The lowest BCUT2D eigenvalue weighted by atomic mass is 9.78. The molecule has 0 amide bonds. The van der Waals surface area contributed by atoms with E-state index in [-0.39, 0.29) is 6.10 Å². The van der Waals surface area contributed by atoms with E-state index in [0.29, 0.717) is 0 Å². The van der Waals surface area contributed by atoms with Gasteiger partial charge in [-0.1, -0.05) is 84.9 Å². The zero-order valence-electron chi connectivity index (χ0n) is 19.9. The van der Waals surface area contributed by atoms with Gasteiger partial charge in [0.2, 0.25) is 0 Å². The Labute approximate surface area is 213 Å². The molecule has 5 aromatic carbocycles. The average Bonchev–Trinajstić information content (AvgIpc) is 3.46. The van der Waals surface area contributed by atoms with Crippen molar-refractivity contribution >= 4 is 21.8 Å². The number of hydrogen-bond donors (Lipinski definition) is 0. The lowest BCUT2D eigenvalue weighted by Gasteiger charge is -2.41. The molecule has 1 spiro atoms. The molecule has 0 fully saturated rings. The van der Waals surface area contributed by atoms with Crippen molar-refractivity contribution in [2.45, 2.75) is 11.7 Å². The SMILES string of the molecule is C1=C[C@]23OO[C@H]1c1c(-c4ccc(-n5c6ccccc6c6ccccc65)cc4)ccc(c12)-c1ccccc13. The summed E-state index contributed by atoms with van der Waals surface area (Å²) < 4.78 is 2.36. The first-order valence-corrected chi connectivity index (χ1v) is 12.7. The van der Waals surface area contributed by atoms with Crippen molar-refractivity contribution in [3.63, 3.8) is 0 Å². The van der Waals surface area contributed by atoms with E-state index in [9.17, 15) is 0 Å². The van der Waals surface area contributed by atoms with Gasteiger partial charge < -0.3 is 4.57 Å². The zero-order chi connectivity index (χ0) is 24.1. The number of fused-ring (bicyclic) bond motifs is 6. The Morgan fingerprint density at radius 2 is 1.30 bits per heavy atom. The van der Waals surface area contributed by atoms with Crippen LogP contribution in [0, 0.1) is 0 Å². The van der Waals surface area contributed by atoms with Crippen molar-refractivity contribution in [3.05, 3.63) is 138 Å². The fraction of sp³-hybridized carbons (Fsp3) is 0.0588. The monoisotopic (exact) mass is 475 g/mol. The molecule has 2 aliphatic carbocycles. The fourth-order valence-corrected chi connectivity index (χ4v) is 6.77.